The molecular weight excluding hydrogens is 234 g/mol. The summed E-state index contributed by atoms with van der Waals surface area (Å²) in [5.41, 5.74) is 1.36. The topological polar surface area (TPSA) is 24.9 Å². The number of pyridine rings is 1. The van der Waals surface area contributed by atoms with E-state index in [0.717, 1.165) is 17.7 Å². The number of likely N-dealkylation sites (N-methyl/N-ethyl adjacent to an activating group) is 1. The SMILES string of the molecule is CNC(Cc1ccncc1)c1cc(F)ccc1F. The number of nitrogens with zero attached hydrogens (tertiary/aromatic N) is 1. The van der Waals surface area contributed by atoms with E-state index in [0.29, 0.717) is 12.0 Å². The average Bonchev–Trinajstić information content (AvgIpc) is 2.40. The van der Waals surface area contributed by atoms with E-state index in [1.165, 1.54) is 6.07 Å². The Kier molecular flexibility index (Phi) is 3.99. The predicted octanol–water partition coefficient (Wildman–Crippen LogP) is 2.86. The van der Waals surface area contributed by atoms with Crippen molar-refractivity contribution in [2.24, 2.45) is 0 Å². The molecule has 0 radical (unpaired) electrons. The number of hydrogen-bond acceptors (Lipinski definition) is 2. The third-order valence-electron chi connectivity index (χ3n) is 2.87. The van der Waals surface area contributed by atoms with Gasteiger partial charge in [-0.25, -0.2) is 8.78 Å². The predicted molar refractivity (Wildman–Crippen MR) is 66.1 cm³/mol. The maximum Gasteiger partial charge on any atom is 0.128 e. The van der Waals surface area contributed by atoms with Gasteiger partial charge in [-0.15, -0.1) is 0 Å². The number of halogens is 2. The van der Waals surface area contributed by atoms with E-state index < -0.39 is 11.6 Å². The summed E-state index contributed by atoms with van der Waals surface area (Å²) in [5, 5.41) is 3.01. The molecule has 0 bridgehead atoms. The zero-order chi connectivity index (χ0) is 13.0. The van der Waals surface area contributed by atoms with Crippen molar-refractivity contribution in [3.8, 4) is 0 Å². The summed E-state index contributed by atoms with van der Waals surface area (Å²) in [7, 11) is 1.73. The van der Waals surface area contributed by atoms with Crippen LogP contribution in [0.2, 0.25) is 0 Å². The molecule has 1 atom stereocenters. The molecule has 18 heavy (non-hydrogen) atoms. The van der Waals surface area contributed by atoms with Gasteiger partial charge in [-0.1, -0.05) is 0 Å². The highest BCUT2D eigenvalue weighted by Crippen LogP contribution is 2.21. The highest BCUT2D eigenvalue weighted by Gasteiger charge is 2.15. The van der Waals surface area contributed by atoms with Crippen LogP contribution in [0.15, 0.2) is 42.7 Å². The zero-order valence-corrected chi connectivity index (χ0v) is 10.0. The molecule has 0 amide bonds. The lowest BCUT2D eigenvalue weighted by Crippen LogP contribution is -2.20. The van der Waals surface area contributed by atoms with E-state index in [4.69, 9.17) is 0 Å². The second-order valence-electron chi connectivity index (χ2n) is 4.07. The van der Waals surface area contributed by atoms with E-state index in [-0.39, 0.29) is 6.04 Å². The van der Waals surface area contributed by atoms with E-state index in [2.05, 4.69) is 10.3 Å². The molecule has 0 aliphatic heterocycles. The van der Waals surface area contributed by atoms with Crippen LogP contribution in [-0.2, 0) is 6.42 Å². The molecule has 2 nitrogen and oxygen atoms in total. The molecular formula is C14H14F2N2. The van der Waals surface area contributed by atoms with Crippen molar-refractivity contribution in [1.29, 1.82) is 0 Å². The number of nitrogens with one attached hydrogen (secondary N) is 1. The monoisotopic (exact) mass is 248 g/mol. The molecule has 1 N–H and O–H groups in total. The first-order valence-corrected chi connectivity index (χ1v) is 5.72. The molecule has 1 aromatic carbocycles. The number of rotatable bonds is 4. The van der Waals surface area contributed by atoms with E-state index in [9.17, 15) is 8.78 Å². The van der Waals surface area contributed by atoms with Gasteiger partial charge < -0.3 is 5.32 Å². The molecule has 2 rings (SSSR count). The molecule has 0 aliphatic rings. The van der Waals surface area contributed by atoms with Crippen LogP contribution in [0.3, 0.4) is 0 Å². The summed E-state index contributed by atoms with van der Waals surface area (Å²) in [6.45, 7) is 0. The Morgan fingerprint density at radius 2 is 1.89 bits per heavy atom. The van der Waals surface area contributed by atoms with Gasteiger partial charge in [-0.2, -0.15) is 0 Å². The highest BCUT2D eigenvalue weighted by atomic mass is 19.1. The third kappa shape index (κ3) is 2.90. The minimum absolute atomic E-state index is 0.261. The first-order chi connectivity index (χ1) is 8.70. The van der Waals surface area contributed by atoms with Crippen molar-refractivity contribution in [2.75, 3.05) is 7.05 Å². The summed E-state index contributed by atoms with van der Waals surface area (Å²) in [4.78, 5) is 3.93. The Bertz CT molecular complexity index is 514. The van der Waals surface area contributed by atoms with E-state index in [1.54, 1.807) is 19.4 Å². The van der Waals surface area contributed by atoms with Crippen molar-refractivity contribution >= 4 is 0 Å². The van der Waals surface area contributed by atoms with Crippen molar-refractivity contribution in [1.82, 2.24) is 10.3 Å². The van der Waals surface area contributed by atoms with Crippen LogP contribution in [0, 0.1) is 11.6 Å². The first-order valence-electron chi connectivity index (χ1n) is 5.72. The lowest BCUT2D eigenvalue weighted by atomic mass is 9.99. The fourth-order valence-corrected chi connectivity index (χ4v) is 1.90. The van der Waals surface area contributed by atoms with Gasteiger partial charge in [0, 0.05) is 24.0 Å². The van der Waals surface area contributed by atoms with Crippen molar-refractivity contribution in [2.45, 2.75) is 12.5 Å². The molecule has 0 fully saturated rings. The van der Waals surface area contributed by atoms with Crippen molar-refractivity contribution in [3.63, 3.8) is 0 Å². The smallest absolute Gasteiger partial charge is 0.128 e. The Hall–Kier alpha value is -1.81. The van der Waals surface area contributed by atoms with Crippen molar-refractivity contribution in [3.05, 3.63) is 65.5 Å². The molecule has 0 aliphatic carbocycles. The Balaban J connectivity index is 2.26. The summed E-state index contributed by atoms with van der Waals surface area (Å²) in [5.74, 6) is -0.828. The quantitative estimate of drug-likeness (QED) is 0.900. The fourth-order valence-electron chi connectivity index (χ4n) is 1.90. The van der Waals surface area contributed by atoms with Gasteiger partial charge in [0.1, 0.15) is 11.6 Å². The maximum atomic E-state index is 13.7. The van der Waals surface area contributed by atoms with Crippen LogP contribution in [0.4, 0.5) is 8.78 Å². The molecule has 0 spiro atoms. The van der Waals surface area contributed by atoms with Gasteiger partial charge >= 0.3 is 0 Å². The number of benzene rings is 1. The lowest BCUT2D eigenvalue weighted by molar-refractivity contribution is 0.523. The third-order valence-corrected chi connectivity index (χ3v) is 2.87. The standard InChI is InChI=1S/C14H14F2N2/c1-17-14(8-10-4-6-18-7-5-10)12-9-11(15)2-3-13(12)16/h2-7,9,14,17H,8H2,1H3. The van der Waals surface area contributed by atoms with Gasteiger partial charge in [0.2, 0.25) is 0 Å². The fraction of sp³-hybridized carbons (Fsp3) is 0.214. The van der Waals surface area contributed by atoms with Gasteiger partial charge in [-0.3, -0.25) is 4.98 Å². The van der Waals surface area contributed by atoms with Crippen LogP contribution in [0.25, 0.3) is 0 Å². The van der Waals surface area contributed by atoms with Crippen LogP contribution in [0.5, 0.6) is 0 Å². The molecule has 94 valence electrons. The largest absolute Gasteiger partial charge is 0.313 e. The molecule has 1 aromatic heterocycles. The van der Waals surface area contributed by atoms with E-state index in [1.807, 2.05) is 12.1 Å². The Morgan fingerprint density at radius 3 is 2.56 bits per heavy atom. The molecule has 1 unspecified atom stereocenters. The van der Waals surface area contributed by atoms with Crippen LogP contribution in [0.1, 0.15) is 17.2 Å². The summed E-state index contributed by atoms with van der Waals surface area (Å²) < 4.78 is 26.9. The normalized spacial score (nSPS) is 12.4. The summed E-state index contributed by atoms with van der Waals surface area (Å²) in [6, 6.07) is 6.98. The molecule has 0 saturated heterocycles. The zero-order valence-electron chi connectivity index (χ0n) is 10.0. The van der Waals surface area contributed by atoms with Gasteiger partial charge in [0.25, 0.3) is 0 Å². The van der Waals surface area contributed by atoms with Crippen LogP contribution >= 0.6 is 0 Å². The molecule has 1 heterocycles. The highest BCUT2D eigenvalue weighted by molar-refractivity contribution is 5.25. The summed E-state index contributed by atoms with van der Waals surface area (Å²) in [6.07, 6.45) is 3.95. The summed E-state index contributed by atoms with van der Waals surface area (Å²) >= 11 is 0. The van der Waals surface area contributed by atoms with Crippen LogP contribution < -0.4 is 5.32 Å². The maximum absolute atomic E-state index is 13.7. The van der Waals surface area contributed by atoms with Crippen LogP contribution in [-0.4, -0.2) is 12.0 Å². The van der Waals surface area contributed by atoms with Gasteiger partial charge in [-0.05, 0) is 49.4 Å². The Morgan fingerprint density at radius 1 is 1.17 bits per heavy atom. The minimum Gasteiger partial charge on any atom is -0.313 e. The van der Waals surface area contributed by atoms with Gasteiger partial charge in [0.05, 0.1) is 0 Å². The number of aromatic nitrogens is 1. The second kappa shape index (κ2) is 5.69. The first kappa shape index (κ1) is 12.6. The second-order valence-corrected chi connectivity index (χ2v) is 4.07. The average molecular weight is 248 g/mol. The Labute approximate surface area is 105 Å². The molecule has 2 aromatic rings. The van der Waals surface area contributed by atoms with Crippen molar-refractivity contribution < 1.29 is 8.78 Å². The molecule has 4 heteroatoms. The minimum atomic E-state index is -0.429. The number of hydrogen-bond donors (Lipinski definition) is 1. The van der Waals surface area contributed by atoms with E-state index >= 15 is 0 Å². The van der Waals surface area contributed by atoms with Gasteiger partial charge in [0.15, 0.2) is 0 Å². The lowest BCUT2D eigenvalue weighted by Gasteiger charge is -2.17. The molecule has 0 saturated carbocycles.